The Kier molecular flexibility index (Phi) is 7.52. The summed E-state index contributed by atoms with van der Waals surface area (Å²) in [5.41, 5.74) is -4.93. The molecule has 33 heavy (non-hydrogen) atoms. The molecule has 0 unspecified atom stereocenters. The van der Waals surface area contributed by atoms with Crippen LogP contribution in [0.5, 0.6) is 0 Å². The fourth-order valence-corrected chi connectivity index (χ4v) is 4.32. The number of Topliss-reactive ketones (excluding diaryl/α,β-unsaturated/α-hetero) is 1. The highest BCUT2D eigenvalue weighted by Gasteiger charge is 2.39. The van der Waals surface area contributed by atoms with Gasteiger partial charge < -0.3 is 4.74 Å². The predicted molar refractivity (Wildman–Crippen MR) is 113 cm³/mol. The van der Waals surface area contributed by atoms with E-state index in [1.54, 1.807) is 20.8 Å². The van der Waals surface area contributed by atoms with Gasteiger partial charge >= 0.3 is 18.3 Å². The van der Waals surface area contributed by atoms with Gasteiger partial charge in [0.25, 0.3) is 0 Å². The van der Waals surface area contributed by atoms with Crippen molar-refractivity contribution in [1.29, 1.82) is 0 Å². The number of carbonyl (C=O) groups is 2. The SMILES string of the molecule is C=CCc1sc(-c2cc(C(F)(F)F)cc(C(F)(F)F)c2)c(C(=O)OCC)c1C(=O)C(C)(C)C. The van der Waals surface area contributed by atoms with E-state index in [1.807, 2.05) is 0 Å². The number of ether oxygens (including phenoxy) is 1. The maximum Gasteiger partial charge on any atom is 0.416 e. The molecule has 1 aromatic heterocycles. The number of allylic oxidation sites excluding steroid dienone is 1. The Bertz CT molecular complexity index is 1040. The average molecular weight is 492 g/mol. The molecule has 0 aliphatic carbocycles. The molecule has 1 aromatic carbocycles. The van der Waals surface area contributed by atoms with Gasteiger partial charge in [0.05, 0.1) is 23.3 Å². The van der Waals surface area contributed by atoms with Crippen molar-refractivity contribution in [3.63, 3.8) is 0 Å². The van der Waals surface area contributed by atoms with Gasteiger partial charge in [0, 0.05) is 27.2 Å². The first kappa shape index (κ1) is 26.6. The number of benzene rings is 1. The molecule has 0 N–H and O–H groups in total. The second-order valence-electron chi connectivity index (χ2n) is 8.19. The Hall–Kier alpha value is -2.62. The first-order valence-electron chi connectivity index (χ1n) is 9.80. The molecule has 0 spiro atoms. The zero-order chi connectivity index (χ0) is 25.4. The van der Waals surface area contributed by atoms with E-state index in [0.29, 0.717) is 17.0 Å². The Morgan fingerprint density at radius 3 is 1.88 bits per heavy atom. The molecule has 0 aliphatic heterocycles. The molecular weight excluding hydrogens is 470 g/mol. The quantitative estimate of drug-likeness (QED) is 0.181. The monoisotopic (exact) mass is 492 g/mol. The molecule has 2 aromatic rings. The van der Waals surface area contributed by atoms with E-state index in [1.165, 1.54) is 13.0 Å². The predicted octanol–water partition coefficient (Wildman–Crippen LogP) is 7.59. The van der Waals surface area contributed by atoms with Gasteiger partial charge in [-0.05, 0) is 30.7 Å². The first-order chi connectivity index (χ1) is 15.0. The number of thiophene rings is 1. The van der Waals surface area contributed by atoms with E-state index in [-0.39, 0.29) is 35.1 Å². The topological polar surface area (TPSA) is 43.4 Å². The van der Waals surface area contributed by atoms with E-state index in [2.05, 4.69) is 6.58 Å². The van der Waals surface area contributed by atoms with Gasteiger partial charge in [0.15, 0.2) is 5.78 Å². The van der Waals surface area contributed by atoms with Crippen LogP contribution in [0.15, 0.2) is 30.9 Å². The van der Waals surface area contributed by atoms with Gasteiger partial charge in [-0.15, -0.1) is 17.9 Å². The van der Waals surface area contributed by atoms with Gasteiger partial charge in [-0.3, -0.25) is 4.79 Å². The van der Waals surface area contributed by atoms with Crippen LogP contribution in [0.4, 0.5) is 26.3 Å². The zero-order valence-corrected chi connectivity index (χ0v) is 19.1. The molecule has 2 rings (SSSR count). The van der Waals surface area contributed by atoms with Gasteiger partial charge in [-0.25, -0.2) is 4.79 Å². The summed E-state index contributed by atoms with van der Waals surface area (Å²) in [5, 5.41) is 0. The van der Waals surface area contributed by atoms with Crippen molar-refractivity contribution in [1.82, 2.24) is 0 Å². The number of hydrogen-bond acceptors (Lipinski definition) is 4. The fraction of sp³-hybridized carbons (Fsp3) is 0.391. The third-order valence-electron chi connectivity index (χ3n) is 4.55. The number of carbonyl (C=O) groups excluding carboxylic acids is 2. The molecule has 3 nitrogen and oxygen atoms in total. The van der Waals surface area contributed by atoms with Crippen molar-refractivity contribution in [2.75, 3.05) is 6.61 Å². The lowest BCUT2D eigenvalue weighted by atomic mass is 9.84. The lowest BCUT2D eigenvalue weighted by molar-refractivity contribution is -0.143. The van der Waals surface area contributed by atoms with Crippen LogP contribution in [0.3, 0.4) is 0 Å². The molecule has 0 atom stereocenters. The Labute approximate surface area is 191 Å². The largest absolute Gasteiger partial charge is 0.462 e. The van der Waals surface area contributed by atoms with E-state index in [4.69, 9.17) is 4.74 Å². The minimum Gasteiger partial charge on any atom is -0.462 e. The normalized spacial score (nSPS) is 12.5. The maximum absolute atomic E-state index is 13.4. The molecule has 0 fully saturated rings. The zero-order valence-electron chi connectivity index (χ0n) is 18.3. The second-order valence-corrected chi connectivity index (χ2v) is 9.30. The van der Waals surface area contributed by atoms with Crippen LogP contribution < -0.4 is 0 Å². The smallest absolute Gasteiger partial charge is 0.416 e. The lowest BCUT2D eigenvalue weighted by Gasteiger charge is -2.18. The molecule has 0 bridgehead atoms. The van der Waals surface area contributed by atoms with Crippen molar-refractivity contribution < 1.29 is 40.7 Å². The van der Waals surface area contributed by atoms with Crippen LogP contribution in [-0.4, -0.2) is 18.4 Å². The first-order valence-corrected chi connectivity index (χ1v) is 10.6. The highest BCUT2D eigenvalue weighted by atomic mass is 32.1. The molecule has 0 radical (unpaired) electrons. The van der Waals surface area contributed by atoms with Crippen molar-refractivity contribution in [2.45, 2.75) is 46.5 Å². The van der Waals surface area contributed by atoms with Crippen molar-refractivity contribution in [3.8, 4) is 10.4 Å². The van der Waals surface area contributed by atoms with Crippen molar-refractivity contribution in [2.24, 2.45) is 5.41 Å². The molecule has 0 saturated heterocycles. The van der Waals surface area contributed by atoms with Crippen molar-refractivity contribution >= 4 is 23.1 Å². The number of alkyl halides is 6. The van der Waals surface area contributed by atoms with E-state index >= 15 is 0 Å². The molecule has 0 aliphatic rings. The summed E-state index contributed by atoms with van der Waals surface area (Å²) in [6, 6.07) is 1.08. The number of rotatable bonds is 6. The summed E-state index contributed by atoms with van der Waals surface area (Å²) in [5.74, 6) is -1.49. The molecular formula is C23H22F6O3S. The molecule has 10 heteroatoms. The fourth-order valence-electron chi connectivity index (χ4n) is 3.06. The summed E-state index contributed by atoms with van der Waals surface area (Å²) >= 11 is 0.773. The highest BCUT2D eigenvalue weighted by molar-refractivity contribution is 7.16. The average Bonchev–Trinajstić information content (AvgIpc) is 3.04. The number of esters is 1. The van der Waals surface area contributed by atoms with Crippen LogP contribution in [-0.2, 0) is 23.5 Å². The van der Waals surface area contributed by atoms with Crippen LogP contribution in [0, 0.1) is 5.41 Å². The van der Waals surface area contributed by atoms with E-state index in [0.717, 1.165) is 11.3 Å². The lowest BCUT2D eigenvalue weighted by Crippen LogP contribution is -2.23. The Balaban J connectivity index is 2.99. The van der Waals surface area contributed by atoms with Crippen LogP contribution in [0.2, 0.25) is 0 Å². The molecule has 180 valence electrons. The summed E-state index contributed by atoms with van der Waals surface area (Å²) in [7, 11) is 0. The third kappa shape index (κ3) is 5.85. The number of hydrogen-bond donors (Lipinski definition) is 0. The third-order valence-corrected chi connectivity index (χ3v) is 5.81. The van der Waals surface area contributed by atoms with Crippen LogP contribution >= 0.6 is 11.3 Å². The minimum atomic E-state index is -5.06. The van der Waals surface area contributed by atoms with Gasteiger partial charge in [-0.2, -0.15) is 26.3 Å². The minimum absolute atomic E-state index is 0.00696. The van der Waals surface area contributed by atoms with Crippen LogP contribution in [0.1, 0.15) is 64.4 Å². The van der Waals surface area contributed by atoms with Crippen molar-refractivity contribution in [3.05, 3.63) is 58.0 Å². The Morgan fingerprint density at radius 2 is 1.48 bits per heavy atom. The van der Waals surface area contributed by atoms with E-state index < -0.39 is 46.2 Å². The van der Waals surface area contributed by atoms with Crippen LogP contribution in [0.25, 0.3) is 10.4 Å². The number of halogens is 6. The summed E-state index contributed by atoms with van der Waals surface area (Å²) in [4.78, 5) is 26.1. The van der Waals surface area contributed by atoms with Gasteiger partial charge in [0.1, 0.15) is 0 Å². The standard InChI is InChI=1S/C23H22F6O3S/c1-6-8-15-16(19(30)21(3,4)5)17(20(31)32-7-2)18(33-15)12-9-13(22(24,25)26)11-14(10-12)23(27,28)29/h6,9-11H,1,7-8H2,2-5H3. The highest BCUT2D eigenvalue weighted by Crippen LogP contribution is 2.44. The van der Waals surface area contributed by atoms with Gasteiger partial charge in [-0.1, -0.05) is 26.8 Å². The van der Waals surface area contributed by atoms with Gasteiger partial charge in [0.2, 0.25) is 0 Å². The Morgan fingerprint density at radius 1 is 0.970 bits per heavy atom. The molecule has 1 heterocycles. The summed E-state index contributed by atoms with van der Waals surface area (Å²) < 4.78 is 85.4. The number of ketones is 1. The maximum atomic E-state index is 13.4. The molecule has 0 amide bonds. The second kappa shape index (κ2) is 9.32. The summed E-state index contributed by atoms with van der Waals surface area (Å²) in [6.45, 7) is 9.74. The summed E-state index contributed by atoms with van der Waals surface area (Å²) in [6.07, 6.45) is -8.62. The molecule has 0 saturated carbocycles. The van der Waals surface area contributed by atoms with E-state index in [9.17, 15) is 35.9 Å².